The fourth-order valence-corrected chi connectivity index (χ4v) is 3.41. The van der Waals surface area contributed by atoms with Gasteiger partial charge in [0.1, 0.15) is 0 Å². The zero-order valence-corrected chi connectivity index (χ0v) is 15.1. The fourth-order valence-electron chi connectivity index (χ4n) is 3.01. The number of aliphatic hydroxyl groups is 1. The largest absolute Gasteiger partial charge is 0.390 e. The van der Waals surface area contributed by atoms with Crippen LogP contribution in [-0.4, -0.2) is 28.7 Å². The molecule has 0 aliphatic carbocycles. The number of benzene rings is 1. The first-order chi connectivity index (χ1) is 11.4. The van der Waals surface area contributed by atoms with Gasteiger partial charge >= 0.3 is 0 Å². The van der Waals surface area contributed by atoms with Crippen molar-refractivity contribution in [3.63, 3.8) is 0 Å². The Hall–Kier alpha value is -1.33. The Balaban J connectivity index is 1.93. The Kier molecular flexibility index (Phi) is 5.02. The molecule has 24 heavy (non-hydrogen) atoms. The van der Waals surface area contributed by atoms with Crippen LogP contribution in [0.15, 0.2) is 30.3 Å². The Morgan fingerprint density at radius 3 is 2.58 bits per heavy atom. The Bertz CT molecular complexity index is 739. The molecule has 0 radical (unpaired) electrons. The maximum atomic E-state index is 9.77. The van der Waals surface area contributed by atoms with Crippen LogP contribution in [0.3, 0.4) is 0 Å². The summed E-state index contributed by atoms with van der Waals surface area (Å²) in [5.74, 6) is 0. The number of aromatic nitrogens is 1. The van der Waals surface area contributed by atoms with E-state index in [4.69, 9.17) is 28.9 Å². The Morgan fingerprint density at radius 2 is 1.92 bits per heavy atom. The maximum Gasteiger partial charge on any atom is 0.0898 e. The van der Waals surface area contributed by atoms with Crippen LogP contribution in [0.1, 0.15) is 25.5 Å². The molecular formula is C18H21Cl2N3O. The van der Waals surface area contributed by atoms with Gasteiger partial charge in [0.25, 0.3) is 0 Å². The zero-order chi connectivity index (χ0) is 17.3. The second kappa shape index (κ2) is 6.89. The van der Waals surface area contributed by atoms with Gasteiger partial charge in [-0.05, 0) is 38.0 Å². The molecular weight excluding hydrogens is 345 g/mol. The molecule has 0 saturated carbocycles. The van der Waals surface area contributed by atoms with Gasteiger partial charge in [-0.2, -0.15) is 0 Å². The number of nitrogens with zero attached hydrogens (tertiary/aromatic N) is 2. The van der Waals surface area contributed by atoms with Crippen molar-refractivity contribution in [2.24, 2.45) is 5.73 Å². The van der Waals surface area contributed by atoms with Gasteiger partial charge < -0.3 is 15.7 Å². The van der Waals surface area contributed by atoms with Crippen molar-refractivity contribution >= 4 is 28.9 Å². The van der Waals surface area contributed by atoms with Crippen molar-refractivity contribution < 1.29 is 5.11 Å². The Labute approximate surface area is 152 Å². The predicted molar refractivity (Wildman–Crippen MR) is 99.7 cm³/mol. The SMILES string of the molecule is CC1(N)CCN(c2ccc(-c3cccc(Cl)c3Cl)nc2CO)CC1. The van der Waals surface area contributed by atoms with Crippen LogP contribution in [0.4, 0.5) is 5.69 Å². The highest BCUT2D eigenvalue weighted by Gasteiger charge is 2.27. The van der Waals surface area contributed by atoms with Crippen LogP contribution in [0.25, 0.3) is 11.3 Å². The second-order valence-electron chi connectivity index (χ2n) is 6.56. The maximum absolute atomic E-state index is 9.77. The third-order valence-corrected chi connectivity index (χ3v) is 5.39. The van der Waals surface area contributed by atoms with E-state index in [0.717, 1.165) is 37.2 Å². The lowest BCUT2D eigenvalue weighted by Crippen LogP contribution is -2.48. The van der Waals surface area contributed by atoms with Gasteiger partial charge in [-0.25, -0.2) is 4.98 Å². The van der Waals surface area contributed by atoms with E-state index in [2.05, 4.69) is 16.8 Å². The number of rotatable bonds is 3. The molecule has 1 aliphatic rings. The Morgan fingerprint density at radius 1 is 1.21 bits per heavy atom. The van der Waals surface area contributed by atoms with Gasteiger partial charge in [0, 0.05) is 24.2 Å². The van der Waals surface area contributed by atoms with Crippen LogP contribution >= 0.6 is 23.2 Å². The molecule has 1 aliphatic heterocycles. The summed E-state index contributed by atoms with van der Waals surface area (Å²) in [5, 5.41) is 10.7. The first-order valence-corrected chi connectivity index (χ1v) is 8.76. The van der Waals surface area contributed by atoms with E-state index in [1.807, 2.05) is 24.3 Å². The number of hydrogen-bond donors (Lipinski definition) is 2. The van der Waals surface area contributed by atoms with E-state index < -0.39 is 0 Å². The van der Waals surface area contributed by atoms with Crippen LogP contribution in [0, 0.1) is 0 Å². The normalized spacial score (nSPS) is 17.1. The van der Waals surface area contributed by atoms with E-state index in [1.165, 1.54) is 0 Å². The number of pyridine rings is 1. The highest BCUT2D eigenvalue weighted by Crippen LogP contribution is 2.34. The van der Waals surface area contributed by atoms with Crippen molar-refractivity contribution in [1.82, 2.24) is 4.98 Å². The summed E-state index contributed by atoms with van der Waals surface area (Å²) < 4.78 is 0. The van der Waals surface area contributed by atoms with Gasteiger partial charge in [0.15, 0.2) is 0 Å². The summed E-state index contributed by atoms with van der Waals surface area (Å²) in [6.07, 6.45) is 1.83. The van der Waals surface area contributed by atoms with Crippen molar-refractivity contribution in [3.8, 4) is 11.3 Å². The van der Waals surface area contributed by atoms with Gasteiger partial charge in [0.05, 0.1) is 33.7 Å². The lowest BCUT2D eigenvalue weighted by molar-refractivity contribution is 0.276. The summed E-state index contributed by atoms with van der Waals surface area (Å²) in [5.41, 5.74) is 9.15. The molecule has 3 rings (SSSR count). The lowest BCUT2D eigenvalue weighted by atomic mass is 9.90. The van der Waals surface area contributed by atoms with E-state index in [1.54, 1.807) is 6.07 Å². The minimum atomic E-state index is -0.127. The fraction of sp³-hybridized carbons (Fsp3) is 0.389. The van der Waals surface area contributed by atoms with E-state index in [0.29, 0.717) is 21.4 Å². The molecule has 0 unspecified atom stereocenters. The molecule has 3 N–H and O–H groups in total. The van der Waals surface area contributed by atoms with Gasteiger partial charge in [0.2, 0.25) is 0 Å². The van der Waals surface area contributed by atoms with Crippen LogP contribution < -0.4 is 10.6 Å². The van der Waals surface area contributed by atoms with Crippen molar-refractivity contribution in [2.45, 2.75) is 31.9 Å². The molecule has 1 fully saturated rings. The molecule has 2 aromatic rings. The quantitative estimate of drug-likeness (QED) is 0.866. The monoisotopic (exact) mass is 365 g/mol. The average molecular weight is 366 g/mol. The molecule has 1 aromatic carbocycles. The van der Waals surface area contributed by atoms with E-state index in [-0.39, 0.29) is 12.1 Å². The van der Waals surface area contributed by atoms with Crippen molar-refractivity contribution in [1.29, 1.82) is 0 Å². The molecule has 1 aromatic heterocycles. The topological polar surface area (TPSA) is 62.4 Å². The van der Waals surface area contributed by atoms with Crippen molar-refractivity contribution in [2.75, 3.05) is 18.0 Å². The van der Waals surface area contributed by atoms with Crippen LogP contribution in [-0.2, 0) is 6.61 Å². The molecule has 2 heterocycles. The molecule has 0 atom stereocenters. The number of piperidine rings is 1. The van der Waals surface area contributed by atoms with Gasteiger partial charge in [-0.3, -0.25) is 0 Å². The smallest absolute Gasteiger partial charge is 0.0898 e. The highest BCUT2D eigenvalue weighted by molar-refractivity contribution is 6.43. The first kappa shape index (κ1) is 17.5. The molecule has 6 heteroatoms. The van der Waals surface area contributed by atoms with Gasteiger partial charge in [-0.15, -0.1) is 0 Å². The minimum Gasteiger partial charge on any atom is -0.390 e. The molecule has 4 nitrogen and oxygen atoms in total. The van der Waals surface area contributed by atoms with Crippen LogP contribution in [0.5, 0.6) is 0 Å². The van der Waals surface area contributed by atoms with E-state index in [9.17, 15) is 5.11 Å². The molecule has 128 valence electrons. The lowest BCUT2D eigenvalue weighted by Gasteiger charge is -2.38. The number of aliphatic hydroxyl groups excluding tert-OH is 1. The molecule has 0 bridgehead atoms. The van der Waals surface area contributed by atoms with Crippen LogP contribution in [0.2, 0.25) is 10.0 Å². The summed E-state index contributed by atoms with van der Waals surface area (Å²) in [6, 6.07) is 9.36. The third-order valence-electron chi connectivity index (χ3n) is 4.57. The molecule has 1 saturated heterocycles. The summed E-state index contributed by atoms with van der Waals surface area (Å²) >= 11 is 12.4. The predicted octanol–water partition coefficient (Wildman–Crippen LogP) is 3.87. The average Bonchev–Trinajstić information content (AvgIpc) is 2.57. The van der Waals surface area contributed by atoms with Gasteiger partial charge in [-0.1, -0.05) is 35.3 Å². The summed E-state index contributed by atoms with van der Waals surface area (Å²) in [4.78, 5) is 6.84. The molecule has 0 spiro atoms. The number of anilines is 1. The third kappa shape index (κ3) is 3.52. The first-order valence-electron chi connectivity index (χ1n) is 8.00. The number of hydrogen-bond acceptors (Lipinski definition) is 4. The van der Waals surface area contributed by atoms with E-state index >= 15 is 0 Å². The number of nitrogens with two attached hydrogens (primary N) is 1. The standard InChI is InChI=1S/C18H21Cl2N3O/c1-18(21)7-9-23(10-8-18)16-6-5-14(22-15(16)11-24)12-3-2-4-13(19)17(12)20/h2-6,24H,7-11,21H2,1H3. The second-order valence-corrected chi connectivity index (χ2v) is 7.35. The van der Waals surface area contributed by atoms with Crippen molar-refractivity contribution in [3.05, 3.63) is 46.1 Å². The minimum absolute atomic E-state index is 0.114. The zero-order valence-electron chi connectivity index (χ0n) is 13.6. The summed E-state index contributed by atoms with van der Waals surface area (Å²) in [6.45, 7) is 3.68. The number of halogens is 2. The molecule has 0 amide bonds. The highest BCUT2D eigenvalue weighted by atomic mass is 35.5. The summed E-state index contributed by atoms with van der Waals surface area (Å²) in [7, 11) is 0.